The molecule has 1 aliphatic carbocycles. The highest BCUT2D eigenvalue weighted by Crippen LogP contribution is 2.30. The van der Waals surface area contributed by atoms with E-state index in [-0.39, 0.29) is 5.91 Å². The topological polar surface area (TPSA) is 84.7 Å². The van der Waals surface area contributed by atoms with Gasteiger partial charge in [-0.25, -0.2) is 4.68 Å². The van der Waals surface area contributed by atoms with E-state index in [2.05, 4.69) is 46.9 Å². The molecule has 0 spiro atoms. The van der Waals surface area contributed by atoms with Crippen LogP contribution >= 0.6 is 0 Å². The number of aromatic nitrogens is 4. The van der Waals surface area contributed by atoms with E-state index in [1.165, 1.54) is 12.8 Å². The van der Waals surface area contributed by atoms with Gasteiger partial charge in [0.05, 0.1) is 6.54 Å². The van der Waals surface area contributed by atoms with Gasteiger partial charge in [-0.2, -0.15) is 0 Å². The molecule has 0 unspecified atom stereocenters. The summed E-state index contributed by atoms with van der Waals surface area (Å²) in [5, 5.41) is 18.2. The Labute approximate surface area is 154 Å². The molecule has 1 atom stereocenters. The molecule has 0 aliphatic heterocycles. The molecule has 1 saturated carbocycles. The first-order valence-electron chi connectivity index (χ1n) is 9.35. The van der Waals surface area contributed by atoms with Crippen molar-refractivity contribution in [2.75, 3.05) is 5.32 Å². The van der Waals surface area contributed by atoms with Crippen LogP contribution < -0.4 is 10.6 Å². The molecule has 2 aromatic rings. The summed E-state index contributed by atoms with van der Waals surface area (Å²) in [5.41, 5.74) is 2.62. The third-order valence-corrected chi connectivity index (χ3v) is 5.10. The van der Waals surface area contributed by atoms with Crippen molar-refractivity contribution in [3.63, 3.8) is 0 Å². The normalized spacial score (nSPS) is 15.1. The van der Waals surface area contributed by atoms with Crippen LogP contribution in [-0.2, 0) is 13.1 Å². The number of amides is 1. The summed E-state index contributed by atoms with van der Waals surface area (Å²) >= 11 is 0. The van der Waals surface area contributed by atoms with Crippen molar-refractivity contribution >= 4 is 11.6 Å². The van der Waals surface area contributed by atoms with E-state index in [4.69, 9.17) is 0 Å². The monoisotopic (exact) mass is 356 g/mol. The Morgan fingerprint density at radius 2 is 2.08 bits per heavy atom. The molecule has 0 bridgehead atoms. The predicted molar refractivity (Wildman–Crippen MR) is 101 cm³/mol. The van der Waals surface area contributed by atoms with Gasteiger partial charge in [0.1, 0.15) is 0 Å². The number of tetrazole rings is 1. The fraction of sp³-hybridized carbons (Fsp3) is 0.579. The van der Waals surface area contributed by atoms with Crippen molar-refractivity contribution in [3.8, 4) is 0 Å². The van der Waals surface area contributed by atoms with E-state index in [9.17, 15) is 4.79 Å². The Kier molecular flexibility index (Phi) is 5.54. The van der Waals surface area contributed by atoms with Gasteiger partial charge in [-0.15, -0.1) is 5.10 Å². The smallest absolute Gasteiger partial charge is 0.252 e. The lowest BCUT2D eigenvalue weighted by atomic mass is 10.0. The molecule has 1 fully saturated rings. The third kappa shape index (κ3) is 4.39. The fourth-order valence-corrected chi connectivity index (χ4v) is 2.74. The average Bonchev–Trinajstić information content (AvgIpc) is 3.31. The second-order valence-electron chi connectivity index (χ2n) is 7.56. The van der Waals surface area contributed by atoms with Gasteiger partial charge in [0.2, 0.25) is 0 Å². The lowest BCUT2D eigenvalue weighted by Gasteiger charge is -2.21. The van der Waals surface area contributed by atoms with E-state index >= 15 is 0 Å². The molecule has 1 aliphatic rings. The Hall–Kier alpha value is -2.44. The van der Waals surface area contributed by atoms with Crippen LogP contribution in [-0.4, -0.2) is 32.2 Å². The molecule has 3 rings (SSSR count). The van der Waals surface area contributed by atoms with Gasteiger partial charge in [-0.05, 0) is 66.6 Å². The SMILES string of the molecule is Cc1c(N[C@H](C)C(C)C)cccc1C(=O)NCc1nnnn1CC1CC1. The summed E-state index contributed by atoms with van der Waals surface area (Å²) in [6.07, 6.45) is 2.47. The Bertz CT molecular complexity index is 765. The first kappa shape index (κ1) is 18.4. The minimum Gasteiger partial charge on any atom is -0.382 e. The molecule has 1 amide bonds. The number of carbonyl (C=O) groups is 1. The van der Waals surface area contributed by atoms with Gasteiger partial charge < -0.3 is 10.6 Å². The maximum Gasteiger partial charge on any atom is 0.252 e. The molecule has 1 aromatic heterocycles. The maximum atomic E-state index is 12.7. The van der Waals surface area contributed by atoms with Crippen molar-refractivity contribution in [3.05, 3.63) is 35.2 Å². The summed E-state index contributed by atoms with van der Waals surface area (Å²) in [6.45, 7) is 9.64. The second-order valence-corrected chi connectivity index (χ2v) is 7.56. The van der Waals surface area contributed by atoms with Crippen molar-refractivity contribution in [1.82, 2.24) is 25.5 Å². The average molecular weight is 356 g/mol. The number of rotatable bonds is 8. The van der Waals surface area contributed by atoms with Gasteiger partial charge in [0.15, 0.2) is 5.82 Å². The van der Waals surface area contributed by atoms with Crippen molar-refractivity contribution in [1.29, 1.82) is 0 Å². The molecular weight excluding hydrogens is 328 g/mol. The summed E-state index contributed by atoms with van der Waals surface area (Å²) < 4.78 is 1.80. The van der Waals surface area contributed by atoms with Crippen LogP contribution in [0.4, 0.5) is 5.69 Å². The molecule has 1 heterocycles. The molecule has 0 saturated heterocycles. The number of hydrogen-bond donors (Lipinski definition) is 2. The highest BCUT2D eigenvalue weighted by atomic mass is 16.1. The van der Waals surface area contributed by atoms with Crippen LogP contribution in [0.1, 0.15) is 55.4 Å². The number of benzene rings is 1. The van der Waals surface area contributed by atoms with Gasteiger partial charge in [0.25, 0.3) is 5.91 Å². The van der Waals surface area contributed by atoms with Crippen LogP contribution in [0.5, 0.6) is 0 Å². The highest BCUT2D eigenvalue weighted by Gasteiger charge is 2.24. The second kappa shape index (κ2) is 7.85. The summed E-state index contributed by atoms with van der Waals surface area (Å²) in [4.78, 5) is 12.7. The quantitative estimate of drug-likeness (QED) is 0.760. The largest absolute Gasteiger partial charge is 0.382 e. The van der Waals surface area contributed by atoms with Gasteiger partial charge in [0, 0.05) is 23.8 Å². The summed E-state index contributed by atoms with van der Waals surface area (Å²) in [5.74, 6) is 1.79. The number of anilines is 1. The number of carbonyl (C=O) groups excluding carboxylic acids is 1. The Morgan fingerprint density at radius 1 is 1.31 bits per heavy atom. The molecule has 7 heteroatoms. The zero-order chi connectivity index (χ0) is 18.7. The standard InChI is InChI=1S/C19H28N6O/c1-12(2)14(4)21-17-7-5-6-16(13(17)3)19(26)20-10-18-22-23-24-25(18)11-15-8-9-15/h5-7,12,14-15,21H,8-11H2,1-4H3,(H,20,26)/t14-/m1/s1. The highest BCUT2D eigenvalue weighted by molar-refractivity contribution is 5.97. The maximum absolute atomic E-state index is 12.7. The van der Waals surface area contributed by atoms with Crippen LogP contribution in [0.25, 0.3) is 0 Å². The molecule has 26 heavy (non-hydrogen) atoms. The minimum absolute atomic E-state index is 0.107. The Balaban J connectivity index is 1.65. The van der Waals surface area contributed by atoms with Crippen molar-refractivity contribution in [2.45, 2.75) is 59.7 Å². The van der Waals surface area contributed by atoms with Crippen LogP contribution in [0, 0.1) is 18.8 Å². The summed E-state index contributed by atoms with van der Waals surface area (Å²) in [7, 11) is 0. The zero-order valence-corrected chi connectivity index (χ0v) is 16.0. The van der Waals surface area contributed by atoms with E-state index in [0.717, 1.165) is 17.8 Å². The molecular formula is C19H28N6O. The number of nitrogens with one attached hydrogen (secondary N) is 2. The molecule has 1 aromatic carbocycles. The van der Waals surface area contributed by atoms with E-state index in [1.807, 2.05) is 25.1 Å². The minimum atomic E-state index is -0.107. The van der Waals surface area contributed by atoms with Gasteiger partial charge in [-0.1, -0.05) is 19.9 Å². The van der Waals surface area contributed by atoms with Gasteiger partial charge in [-0.3, -0.25) is 4.79 Å². The zero-order valence-electron chi connectivity index (χ0n) is 16.0. The number of hydrogen-bond acceptors (Lipinski definition) is 5. The van der Waals surface area contributed by atoms with E-state index < -0.39 is 0 Å². The van der Waals surface area contributed by atoms with Crippen molar-refractivity contribution < 1.29 is 4.79 Å². The van der Waals surface area contributed by atoms with Crippen LogP contribution in [0.15, 0.2) is 18.2 Å². The van der Waals surface area contributed by atoms with Crippen LogP contribution in [0.2, 0.25) is 0 Å². The first-order valence-corrected chi connectivity index (χ1v) is 9.35. The molecule has 0 radical (unpaired) electrons. The van der Waals surface area contributed by atoms with Gasteiger partial charge >= 0.3 is 0 Å². The van der Waals surface area contributed by atoms with E-state index in [0.29, 0.717) is 35.8 Å². The van der Waals surface area contributed by atoms with E-state index in [1.54, 1.807) is 4.68 Å². The summed E-state index contributed by atoms with van der Waals surface area (Å²) in [6, 6.07) is 6.11. The predicted octanol–water partition coefficient (Wildman–Crippen LogP) is 2.78. The number of nitrogens with zero attached hydrogens (tertiary/aromatic N) is 4. The first-order chi connectivity index (χ1) is 12.5. The lowest BCUT2D eigenvalue weighted by molar-refractivity contribution is 0.0948. The van der Waals surface area contributed by atoms with Crippen molar-refractivity contribution in [2.24, 2.45) is 11.8 Å². The molecule has 2 N–H and O–H groups in total. The third-order valence-electron chi connectivity index (χ3n) is 5.10. The molecule has 7 nitrogen and oxygen atoms in total. The van der Waals surface area contributed by atoms with Crippen LogP contribution in [0.3, 0.4) is 0 Å². The Morgan fingerprint density at radius 3 is 2.77 bits per heavy atom. The molecule has 140 valence electrons. The fourth-order valence-electron chi connectivity index (χ4n) is 2.74. The lowest BCUT2D eigenvalue weighted by Crippen LogP contribution is -2.27.